The van der Waals surface area contributed by atoms with Gasteiger partial charge in [-0.2, -0.15) is 4.31 Å². The van der Waals surface area contributed by atoms with Crippen molar-refractivity contribution in [1.82, 2.24) is 4.31 Å². The van der Waals surface area contributed by atoms with E-state index in [2.05, 4.69) is 5.32 Å². The summed E-state index contributed by atoms with van der Waals surface area (Å²) in [4.78, 5) is 14.2. The van der Waals surface area contributed by atoms with E-state index in [9.17, 15) is 13.2 Å². The Bertz CT molecular complexity index is 1280. The number of hydrogen-bond acceptors (Lipinski definition) is 3. The van der Waals surface area contributed by atoms with E-state index in [1.807, 2.05) is 76.2 Å². The zero-order valence-electron chi connectivity index (χ0n) is 19.7. The van der Waals surface area contributed by atoms with Crippen LogP contribution in [-0.4, -0.2) is 51.4 Å². The molecule has 0 aromatic heterocycles. The van der Waals surface area contributed by atoms with Gasteiger partial charge in [-0.1, -0.05) is 36.4 Å². The Morgan fingerprint density at radius 1 is 0.909 bits per heavy atom. The van der Waals surface area contributed by atoms with Crippen LogP contribution < -0.4 is 10.2 Å². The number of carbonyl (C=O) groups is 1. The first-order valence-electron chi connectivity index (χ1n) is 11.4. The quantitative estimate of drug-likeness (QED) is 0.607. The fourth-order valence-electron chi connectivity index (χ4n) is 4.62. The van der Waals surface area contributed by atoms with Gasteiger partial charge in [0.1, 0.15) is 0 Å². The van der Waals surface area contributed by atoms with Crippen LogP contribution in [0.1, 0.15) is 22.3 Å². The highest BCUT2D eigenvalue weighted by Gasteiger charge is 2.33. The molecule has 0 aliphatic carbocycles. The number of amides is 1. The van der Waals surface area contributed by atoms with Gasteiger partial charge < -0.3 is 10.2 Å². The van der Waals surface area contributed by atoms with Gasteiger partial charge in [-0.05, 0) is 72.9 Å². The Kier molecular flexibility index (Phi) is 6.56. The molecule has 1 saturated heterocycles. The largest absolute Gasteiger partial charge is 0.325 e. The molecule has 3 aromatic rings. The number of piperazine rings is 1. The third-order valence-corrected chi connectivity index (χ3v) is 8.94. The number of benzene rings is 3. The molecule has 0 atom stereocenters. The van der Waals surface area contributed by atoms with E-state index in [0.717, 1.165) is 43.6 Å². The SMILES string of the molecule is Cc1cc(C)c(C)c(S(=O)(=O)N2CC[NH+](CC(=O)Nc3ccc4ccccc4c3)CC2)c1C. The maximum atomic E-state index is 13.4. The van der Waals surface area contributed by atoms with Crippen LogP contribution in [0.4, 0.5) is 5.69 Å². The molecule has 1 fully saturated rings. The third-order valence-electron chi connectivity index (χ3n) is 6.77. The normalized spacial score (nSPS) is 15.6. The minimum absolute atomic E-state index is 0.0578. The number of quaternary nitrogens is 1. The van der Waals surface area contributed by atoms with Gasteiger partial charge in [0.2, 0.25) is 10.0 Å². The Balaban J connectivity index is 1.39. The van der Waals surface area contributed by atoms with Gasteiger partial charge in [-0.3, -0.25) is 4.79 Å². The van der Waals surface area contributed by atoms with Crippen molar-refractivity contribution in [2.45, 2.75) is 32.6 Å². The van der Waals surface area contributed by atoms with Crippen molar-refractivity contribution >= 4 is 32.4 Å². The van der Waals surface area contributed by atoms with E-state index in [1.54, 1.807) is 4.31 Å². The van der Waals surface area contributed by atoms with Gasteiger partial charge in [0.15, 0.2) is 6.54 Å². The van der Waals surface area contributed by atoms with Crippen molar-refractivity contribution in [1.29, 1.82) is 0 Å². The molecule has 174 valence electrons. The van der Waals surface area contributed by atoms with Gasteiger partial charge >= 0.3 is 0 Å². The molecule has 0 bridgehead atoms. The van der Waals surface area contributed by atoms with Crippen LogP contribution in [-0.2, 0) is 14.8 Å². The standard InChI is InChI=1S/C26H31N3O3S/c1-18-15-19(2)21(4)26(20(18)3)33(31,32)29-13-11-28(12-14-29)17-25(30)27-24-10-9-22-7-5-6-8-23(22)16-24/h5-10,15-16H,11-14,17H2,1-4H3,(H,27,30)/p+1. The molecule has 6 nitrogen and oxygen atoms in total. The summed E-state index contributed by atoms with van der Waals surface area (Å²) in [6, 6.07) is 16.0. The highest BCUT2D eigenvalue weighted by molar-refractivity contribution is 7.89. The summed E-state index contributed by atoms with van der Waals surface area (Å²) in [6.45, 7) is 10.0. The number of hydrogen-bond donors (Lipinski definition) is 2. The average molecular weight is 467 g/mol. The van der Waals surface area contributed by atoms with Crippen molar-refractivity contribution in [3.05, 3.63) is 70.8 Å². The lowest BCUT2D eigenvalue weighted by atomic mass is 10.0. The second-order valence-electron chi connectivity index (χ2n) is 9.03. The second-order valence-corrected chi connectivity index (χ2v) is 10.9. The average Bonchev–Trinajstić information content (AvgIpc) is 2.78. The topological polar surface area (TPSA) is 70.9 Å². The van der Waals surface area contributed by atoms with Crippen LogP contribution in [0.2, 0.25) is 0 Å². The predicted molar refractivity (Wildman–Crippen MR) is 132 cm³/mol. The fraction of sp³-hybridized carbons (Fsp3) is 0.346. The van der Waals surface area contributed by atoms with Crippen LogP contribution in [0.25, 0.3) is 10.8 Å². The minimum Gasteiger partial charge on any atom is -0.325 e. The number of aryl methyl sites for hydroxylation is 2. The molecule has 33 heavy (non-hydrogen) atoms. The number of anilines is 1. The summed E-state index contributed by atoms with van der Waals surface area (Å²) in [5.41, 5.74) is 4.41. The minimum atomic E-state index is -3.57. The molecule has 1 aliphatic rings. The van der Waals surface area contributed by atoms with E-state index in [-0.39, 0.29) is 5.91 Å². The third kappa shape index (κ3) is 4.81. The van der Waals surface area contributed by atoms with E-state index < -0.39 is 10.0 Å². The number of nitrogens with one attached hydrogen (secondary N) is 2. The number of nitrogens with zero attached hydrogens (tertiary/aromatic N) is 1. The van der Waals surface area contributed by atoms with Gasteiger partial charge in [0, 0.05) is 5.69 Å². The monoisotopic (exact) mass is 466 g/mol. The van der Waals surface area contributed by atoms with E-state index in [4.69, 9.17) is 0 Å². The smallest absolute Gasteiger partial charge is 0.279 e. The summed E-state index contributed by atoms with van der Waals surface area (Å²) in [5.74, 6) is -0.0578. The van der Waals surface area contributed by atoms with E-state index in [0.29, 0.717) is 37.6 Å². The van der Waals surface area contributed by atoms with Crippen LogP contribution in [0, 0.1) is 27.7 Å². The molecule has 3 aromatic carbocycles. The van der Waals surface area contributed by atoms with E-state index in [1.165, 1.54) is 0 Å². The lowest BCUT2D eigenvalue weighted by Gasteiger charge is -2.32. The number of sulfonamides is 1. The Morgan fingerprint density at radius 3 is 2.15 bits per heavy atom. The number of carbonyl (C=O) groups excluding carboxylic acids is 1. The summed E-state index contributed by atoms with van der Waals surface area (Å²) in [6.07, 6.45) is 0. The van der Waals surface area contributed by atoms with Crippen molar-refractivity contribution < 1.29 is 18.1 Å². The van der Waals surface area contributed by atoms with Crippen molar-refractivity contribution in [3.8, 4) is 0 Å². The molecule has 0 spiro atoms. The Hall–Kier alpha value is -2.74. The summed E-state index contributed by atoms with van der Waals surface area (Å²) < 4.78 is 28.5. The zero-order valence-corrected chi connectivity index (χ0v) is 20.6. The van der Waals surface area contributed by atoms with Crippen LogP contribution in [0.15, 0.2) is 53.4 Å². The van der Waals surface area contributed by atoms with Gasteiger partial charge in [0.25, 0.3) is 5.91 Å². The molecule has 1 heterocycles. The highest BCUT2D eigenvalue weighted by Crippen LogP contribution is 2.28. The zero-order chi connectivity index (χ0) is 23.8. The number of rotatable bonds is 5. The predicted octanol–water partition coefficient (Wildman–Crippen LogP) is 2.60. The van der Waals surface area contributed by atoms with Gasteiger partial charge in [-0.15, -0.1) is 0 Å². The molecular formula is C26H32N3O3S+. The van der Waals surface area contributed by atoms with Gasteiger partial charge in [-0.25, -0.2) is 8.42 Å². The molecule has 1 amide bonds. The maximum Gasteiger partial charge on any atom is 0.279 e. The van der Waals surface area contributed by atoms with Crippen LogP contribution >= 0.6 is 0 Å². The molecule has 0 unspecified atom stereocenters. The lowest BCUT2D eigenvalue weighted by Crippen LogP contribution is -3.15. The van der Waals surface area contributed by atoms with Crippen molar-refractivity contribution in [2.24, 2.45) is 0 Å². The molecule has 1 aliphatic heterocycles. The lowest BCUT2D eigenvalue weighted by molar-refractivity contribution is -0.895. The number of fused-ring (bicyclic) bond motifs is 1. The Morgan fingerprint density at radius 2 is 1.52 bits per heavy atom. The van der Waals surface area contributed by atoms with Crippen LogP contribution in [0.5, 0.6) is 0 Å². The second kappa shape index (κ2) is 9.25. The molecule has 0 radical (unpaired) electrons. The van der Waals surface area contributed by atoms with Crippen LogP contribution in [0.3, 0.4) is 0 Å². The fourth-order valence-corrected chi connectivity index (χ4v) is 6.63. The van der Waals surface area contributed by atoms with Crippen molar-refractivity contribution in [3.63, 3.8) is 0 Å². The first-order chi connectivity index (χ1) is 15.7. The maximum absolute atomic E-state index is 13.4. The van der Waals surface area contributed by atoms with Gasteiger partial charge in [0.05, 0.1) is 31.1 Å². The van der Waals surface area contributed by atoms with Crippen molar-refractivity contribution in [2.75, 3.05) is 38.0 Å². The summed E-state index contributed by atoms with van der Waals surface area (Å²) in [5, 5.41) is 5.20. The molecule has 7 heteroatoms. The van der Waals surface area contributed by atoms with E-state index >= 15 is 0 Å². The Labute approximate surface area is 196 Å². The summed E-state index contributed by atoms with van der Waals surface area (Å²) >= 11 is 0. The highest BCUT2D eigenvalue weighted by atomic mass is 32.2. The molecule has 2 N–H and O–H groups in total. The first kappa shape index (κ1) is 23.4. The molecule has 4 rings (SSSR count). The molecular weight excluding hydrogens is 434 g/mol. The first-order valence-corrected chi connectivity index (χ1v) is 12.8. The molecule has 0 saturated carbocycles. The summed E-state index contributed by atoms with van der Waals surface area (Å²) in [7, 11) is -3.57.